The van der Waals surface area contributed by atoms with E-state index in [1.807, 2.05) is 0 Å². The van der Waals surface area contributed by atoms with E-state index in [0.29, 0.717) is 16.8 Å². The lowest BCUT2D eigenvalue weighted by atomic mass is 10.2. The van der Waals surface area contributed by atoms with Crippen molar-refractivity contribution in [3.05, 3.63) is 77.2 Å². The molecule has 0 aliphatic carbocycles. The second kappa shape index (κ2) is 6.38. The first kappa shape index (κ1) is 17.3. The lowest BCUT2D eigenvalue weighted by molar-refractivity contribution is 0.569. The smallest absolute Gasteiger partial charge is 0.275 e. The standard InChI is InChI=1S/C19H13N5O4S/c25-19-15-4-2-1-3-14(15)18(29(26,27)13-9-20-21-10-13)23-24(19)11-12-5-6-17-16(22-12)7-8-28-17/h1-10H,11H2,(H,20,21). The Balaban J connectivity index is 1.72. The van der Waals surface area contributed by atoms with Gasteiger partial charge in [-0.3, -0.25) is 9.89 Å². The van der Waals surface area contributed by atoms with Crippen LogP contribution in [0, 0.1) is 0 Å². The van der Waals surface area contributed by atoms with Crippen LogP contribution >= 0.6 is 0 Å². The molecule has 1 N–H and O–H groups in total. The Morgan fingerprint density at radius 2 is 1.90 bits per heavy atom. The fourth-order valence-electron chi connectivity index (χ4n) is 3.14. The van der Waals surface area contributed by atoms with Gasteiger partial charge in [-0.15, -0.1) is 0 Å². The summed E-state index contributed by atoms with van der Waals surface area (Å²) < 4.78 is 32.6. The second-order valence-electron chi connectivity index (χ2n) is 6.36. The van der Waals surface area contributed by atoms with E-state index in [-0.39, 0.29) is 27.2 Å². The number of benzene rings is 1. The molecule has 4 aromatic heterocycles. The Bertz CT molecular complexity index is 1520. The van der Waals surface area contributed by atoms with Crippen molar-refractivity contribution in [1.29, 1.82) is 0 Å². The minimum Gasteiger partial charge on any atom is -0.463 e. The molecule has 144 valence electrons. The lowest BCUT2D eigenvalue weighted by Gasteiger charge is -2.10. The van der Waals surface area contributed by atoms with Crippen LogP contribution in [0.3, 0.4) is 0 Å². The number of hydrogen-bond acceptors (Lipinski definition) is 7. The van der Waals surface area contributed by atoms with Gasteiger partial charge in [0.05, 0.1) is 30.1 Å². The minimum atomic E-state index is -3.98. The van der Waals surface area contributed by atoms with E-state index in [1.165, 1.54) is 18.7 Å². The van der Waals surface area contributed by atoms with Crippen molar-refractivity contribution in [3.63, 3.8) is 0 Å². The van der Waals surface area contributed by atoms with Crippen molar-refractivity contribution in [2.45, 2.75) is 16.5 Å². The molecule has 0 saturated carbocycles. The van der Waals surface area contributed by atoms with Gasteiger partial charge in [0.2, 0.25) is 9.84 Å². The van der Waals surface area contributed by atoms with E-state index in [4.69, 9.17) is 4.42 Å². The summed E-state index contributed by atoms with van der Waals surface area (Å²) in [6.45, 7) is 0.0126. The molecule has 0 fully saturated rings. The first-order valence-corrected chi connectivity index (χ1v) is 10.1. The molecule has 1 aromatic carbocycles. The molecule has 4 heterocycles. The number of furan rings is 1. The molecule has 0 saturated heterocycles. The van der Waals surface area contributed by atoms with Gasteiger partial charge in [0, 0.05) is 17.6 Å². The summed E-state index contributed by atoms with van der Waals surface area (Å²) in [4.78, 5) is 17.4. The van der Waals surface area contributed by atoms with Crippen LogP contribution in [-0.4, -0.2) is 33.4 Å². The summed E-state index contributed by atoms with van der Waals surface area (Å²) in [6, 6.07) is 11.7. The second-order valence-corrected chi connectivity index (χ2v) is 8.22. The number of nitrogens with one attached hydrogen (secondary N) is 1. The highest BCUT2D eigenvalue weighted by Gasteiger charge is 2.25. The Hall–Kier alpha value is -3.79. The molecule has 0 aliphatic rings. The van der Waals surface area contributed by atoms with Crippen LogP contribution in [0.5, 0.6) is 0 Å². The molecule has 10 heteroatoms. The van der Waals surface area contributed by atoms with Crippen molar-refractivity contribution in [3.8, 4) is 0 Å². The van der Waals surface area contributed by atoms with E-state index in [1.54, 1.807) is 42.5 Å². The van der Waals surface area contributed by atoms with E-state index >= 15 is 0 Å². The summed E-state index contributed by atoms with van der Waals surface area (Å²) in [5.74, 6) is 0. The molecule has 9 nitrogen and oxygen atoms in total. The third-order valence-corrected chi connectivity index (χ3v) is 6.20. The van der Waals surface area contributed by atoms with Crippen molar-refractivity contribution in [2.75, 3.05) is 0 Å². The Morgan fingerprint density at radius 3 is 2.69 bits per heavy atom. The predicted molar refractivity (Wildman–Crippen MR) is 103 cm³/mol. The number of fused-ring (bicyclic) bond motifs is 2. The maximum absolute atomic E-state index is 13.1. The Labute approximate surface area is 163 Å². The summed E-state index contributed by atoms with van der Waals surface area (Å²) in [5.41, 5.74) is 1.41. The highest BCUT2D eigenvalue weighted by atomic mass is 32.2. The van der Waals surface area contributed by atoms with Crippen LogP contribution in [0.15, 0.2) is 80.3 Å². The maximum atomic E-state index is 13.1. The van der Waals surface area contributed by atoms with Crippen LogP contribution in [-0.2, 0) is 16.4 Å². The fourth-order valence-corrected chi connectivity index (χ4v) is 4.44. The topological polar surface area (TPSA) is 124 Å². The van der Waals surface area contributed by atoms with Gasteiger partial charge in [0.25, 0.3) is 5.56 Å². The number of aromatic amines is 1. The number of H-pyrrole nitrogens is 1. The zero-order chi connectivity index (χ0) is 20.0. The molecule has 0 atom stereocenters. The SMILES string of the molecule is O=c1c2ccccc2c(S(=O)(=O)c2cn[nH]c2)nn1Cc1ccc2occc2n1. The Kier molecular flexibility index (Phi) is 3.81. The lowest BCUT2D eigenvalue weighted by Crippen LogP contribution is -2.26. The number of hydrogen-bond donors (Lipinski definition) is 1. The van der Waals surface area contributed by atoms with Gasteiger partial charge in [0.15, 0.2) is 10.6 Å². The summed E-state index contributed by atoms with van der Waals surface area (Å²) in [6.07, 6.45) is 4.00. The molecule has 0 amide bonds. The molecular formula is C19H13N5O4S. The third kappa shape index (κ3) is 2.81. The highest BCUT2D eigenvalue weighted by molar-refractivity contribution is 7.91. The fraction of sp³-hybridized carbons (Fsp3) is 0.0526. The third-order valence-electron chi connectivity index (χ3n) is 4.55. The number of nitrogens with zero attached hydrogens (tertiary/aromatic N) is 4. The summed E-state index contributed by atoms with van der Waals surface area (Å²) >= 11 is 0. The Morgan fingerprint density at radius 1 is 1.07 bits per heavy atom. The van der Waals surface area contributed by atoms with E-state index < -0.39 is 15.4 Å². The highest BCUT2D eigenvalue weighted by Crippen LogP contribution is 2.24. The minimum absolute atomic E-state index is 0.0126. The first-order chi connectivity index (χ1) is 14.0. The van der Waals surface area contributed by atoms with Gasteiger partial charge in [-0.2, -0.15) is 10.2 Å². The van der Waals surface area contributed by atoms with Crippen molar-refractivity contribution >= 4 is 31.7 Å². The molecule has 0 aliphatic heterocycles. The predicted octanol–water partition coefficient (Wildman–Crippen LogP) is 2.14. The monoisotopic (exact) mass is 407 g/mol. The normalized spacial score (nSPS) is 12.0. The molecule has 0 spiro atoms. The van der Waals surface area contributed by atoms with Crippen molar-refractivity contribution < 1.29 is 12.8 Å². The molecule has 0 radical (unpaired) electrons. The van der Waals surface area contributed by atoms with Crippen LogP contribution in [0.25, 0.3) is 21.9 Å². The van der Waals surface area contributed by atoms with Gasteiger partial charge in [-0.25, -0.2) is 18.1 Å². The van der Waals surface area contributed by atoms with E-state index in [0.717, 1.165) is 4.68 Å². The molecule has 0 unspecified atom stereocenters. The maximum Gasteiger partial charge on any atom is 0.275 e. The zero-order valence-corrected chi connectivity index (χ0v) is 15.6. The van der Waals surface area contributed by atoms with Crippen molar-refractivity contribution in [2.24, 2.45) is 0 Å². The molecule has 0 bridgehead atoms. The van der Waals surface area contributed by atoms with Crippen LogP contribution < -0.4 is 5.56 Å². The van der Waals surface area contributed by atoms with E-state index in [2.05, 4.69) is 20.3 Å². The van der Waals surface area contributed by atoms with Gasteiger partial charge < -0.3 is 4.42 Å². The van der Waals surface area contributed by atoms with Gasteiger partial charge >= 0.3 is 0 Å². The van der Waals surface area contributed by atoms with Crippen molar-refractivity contribution in [1.82, 2.24) is 25.0 Å². The largest absolute Gasteiger partial charge is 0.463 e. The van der Waals surface area contributed by atoms with Crippen LogP contribution in [0.2, 0.25) is 0 Å². The molecular weight excluding hydrogens is 394 g/mol. The quantitative estimate of drug-likeness (QED) is 0.484. The zero-order valence-electron chi connectivity index (χ0n) is 14.8. The van der Waals surface area contributed by atoms with Gasteiger partial charge in [-0.1, -0.05) is 18.2 Å². The molecule has 29 heavy (non-hydrogen) atoms. The van der Waals surface area contributed by atoms with E-state index in [9.17, 15) is 13.2 Å². The number of aromatic nitrogens is 5. The first-order valence-electron chi connectivity index (χ1n) is 8.61. The van der Waals surface area contributed by atoms with Gasteiger partial charge in [0.1, 0.15) is 10.4 Å². The van der Waals surface area contributed by atoms with Gasteiger partial charge in [-0.05, 0) is 18.2 Å². The summed E-state index contributed by atoms with van der Waals surface area (Å²) in [7, 11) is -3.98. The average Bonchev–Trinajstić information content (AvgIpc) is 3.42. The van der Waals surface area contributed by atoms with Crippen LogP contribution in [0.1, 0.15) is 5.69 Å². The molecule has 5 rings (SSSR count). The number of rotatable bonds is 4. The average molecular weight is 407 g/mol. The number of pyridine rings is 1. The molecule has 5 aromatic rings. The summed E-state index contributed by atoms with van der Waals surface area (Å²) in [5, 5.41) is 10.7. The van der Waals surface area contributed by atoms with Crippen LogP contribution in [0.4, 0.5) is 0 Å². The number of sulfone groups is 1.